The predicted octanol–water partition coefficient (Wildman–Crippen LogP) is 1.64. The lowest BCUT2D eigenvalue weighted by Gasteiger charge is -2.15. The monoisotopic (exact) mass is 278 g/mol. The summed E-state index contributed by atoms with van der Waals surface area (Å²) in [5.74, 6) is -0.758. The molecule has 2 atom stereocenters. The Morgan fingerprint density at radius 1 is 1.41 bits per heavy atom. The average Bonchev–Trinajstić information content (AvgIpc) is 2.65. The van der Waals surface area contributed by atoms with Gasteiger partial charge in [-0.25, -0.2) is 0 Å². The van der Waals surface area contributed by atoms with Crippen LogP contribution in [0.25, 0.3) is 0 Å². The molecule has 1 aromatic rings. The second-order valence-corrected chi connectivity index (χ2v) is 3.84. The number of benzene rings is 1. The number of carboxylic acid groups (broad SMARTS) is 1. The molecular formula is C11H16Cl2N2O2. The Kier molecular flexibility index (Phi) is 6.31. The summed E-state index contributed by atoms with van der Waals surface area (Å²) in [4.78, 5) is 11.0. The quantitative estimate of drug-likeness (QED) is 0.719. The third kappa shape index (κ3) is 3.49. The van der Waals surface area contributed by atoms with E-state index in [2.05, 4.69) is 5.32 Å². The predicted molar refractivity (Wildman–Crippen MR) is 72.1 cm³/mol. The molecule has 1 aliphatic rings. The molecule has 4 N–H and O–H groups in total. The van der Waals surface area contributed by atoms with Crippen LogP contribution < -0.4 is 11.1 Å². The minimum absolute atomic E-state index is 0. The van der Waals surface area contributed by atoms with Crippen molar-refractivity contribution in [3.05, 3.63) is 29.8 Å². The molecular weight excluding hydrogens is 263 g/mol. The van der Waals surface area contributed by atoms with Gasteiger partial charge in [0.15, 0.2) is 0 Å². The molecule has 96 valence electrons. The molecule has 0 aliphatic carbocycles. The highest BCUT2D eigenvalue weighted by Gasteiger charge is 2.33. The second-order valence-electron chi connectivity index (χ2n) is 3.84. The van der Waals surface area contributed by atoms with Crippen LogP contribution in [0.4, 0.5) is 5.69 Å². The Hall–Kier alpha value is -0.970. The smallest absolute Gasteiger partial charge is 0.321 e. The van der Waals surface area contributed by atoms with E-state index < -0.39 is 12.0 Å². The number of anilines is 1. The molecule has 1 aliphatic heterocycles. The van der Waals surface area contributed by atoms with E-state index in [-0.39, 0.29) is 30.7 Å². The van der Waals surface area contributed by atoms with Gasteiger partial charge in [-0.1, -0.05) is 12.1 Å². The Labute approximate surface area is 112 Å². The zero-order chi connectivity index (χ0) is 10.8. The van der Waals surface area contributed by atoms with Crippen LogP contribution in [0.1, 0.15) is 17.9 Å². The van der Waals surface area contributed by atoms with E-state index in [4.69, 9.17) is 10.8 Å². The van der Waals surface area contributed by atoms with Gasteiger partial charge in [-0.15, -0.1) is 24.8 Å². The van der Waals surface area contributed by atoms with Crippen molar-refractivity contribution in [2.24, 2.45) is 0 Å². The van der Waals surface area contributed by atoms with Crippen LogP contribution >= 0.6 is 24.8 Å². The van der Waals surface area contributed by atoms with Gasteiger partial charge in [0.1, 0.15) is 6.04 Å². The number of halogens is 2. The molecule has 1 fully saturated rings. The van der Waals surface area contributed by atoms with Crippen molar-refractivity contribution in [2.75, 3.05) is 12.3 Å². The van der Waals surface area contributed by atoms with Crippen LogP contribution in [0.5, 0.6) is 0 Å². The van der Waals surface area contributed by atoms with E-state index in [1.54, 1.807) is 0 Å². The van der Waals surface area contributed by atoms with Gasteiger partial charge < -0.3 is 16.2 Å². The van der Waals surface area contributed by atoms with Gasteiger partial charge in [-0.2, -0.15) is 0 Å². The molecule has 1 aromatic carbocycles. The second kappa shape index (κ2) is 6.69. The molecule has 2 rings (SSSR count). The molecule has 6 heteroatoms. The van der Waals surface area contributed by atoms with Crippen molar-refractivity contribution < 1.29 is 9.90 Å². The van der Waals surface area contributed by atoms with Crippen LogP contribution in [0.3, 0.4) is 0 Å². The largest absolute Gasteiger partial charge is 0.480 e. The third-order valence-corrected chi connectivity index (χ3v) is 2.83. The van der Waals surface area contributed by atoms with Crippen molar-refractivity contribution in [1.29, 1.82) is 0 Å². The van der Waals surface area contributed by atoms with Crippen molar-refractivity contribution in [3.63, 3.8) is 0 Å². The first-order chi connectivity index (χ1) is 7.18. The maximum atomic E-state index is 11.0. The van der Waals surface area contributed by atoms with Crippen LogP contribution in [-0.2, 0) is 4.79 Å². The number of carboxylic acids is 1. The molecule has 0 aromatic heterocycles. The molecule has 1 saturated heterocycles. The molecule has 4 nitrogen and oxygen atoms in total. The van der Waals surface area contributed by atoms with Gasteiger partial charge >= 0.3 is 5.97 Å². The summed E-state index contributed by atoms with van der Waals surface area (Å²) in [5, 5.41) is 12.0. The number of hydrogen-bond donors (Lipinski definition) is 3. The summed E-state index contributed by atoms with van der Waals surface area (Å²) in [6.45, 7) is 0.746. The maximum absolute atomic E-state index is 11.0. The molecule has 1 heterocycles. The number of nitrogen functional groups attached to an aromatic ring is 1. The zero-order valence-corrected chi connectivity index (χ0v) is 10.8. The number of carbonyl (C=O) groups is 1. The molecule has 0 amide bonds. The molecule has 0 unspecified atom stereocenters. The van der Waals surface area contributed by atoms with E-state index in [0.29, 0.717) is 5.69 Å². The van der Waals surface area contributed by atoms with Gasteiger partial charge in [0.2, 0.25) is 0 Å². The van der Waals surface area contributed by atoms with Gasteiger partial charge in [0, 0.05) is 11.6 Å². The summed E-state index contributed by atoms with van der Waals surface area (Å²) in [7, 11) is 0. The van der Waals surface area contributed by atoms with Gasteiger partial charge in [-0.05, 0) is 30.7 Å². The van der Waals surface area contributed by atoms with E-state index in [9.17, 15) is 4.79 Å². The first-order valence-electron chi connectivity index (χ1n) is 5.00. The van der Waals surface area contributed by atoms with Gasteiger partial charge in [0.05, 0.1) is 0 Å². The Morgan fingerprint density at radius 3 is 2.71 bits per heavy atom. The SMILES string of the molecule is Cl.Cl.Nc1cccc([C@H]2CCN[C@@H]2C(=O)O)c1. The lowest BCUT2D eigenvalue weighted by molar-refractivity contribution is -0.139. The summed E-state index contributed by atoms with van der Waals surface area (Å²) < 4.78 is 0. The standard InChI is InChI=1S/C11H14N2O2.2ClH/c12-8-3-1-2-7(6-8)9-4-5-13-10(9)11(14)15;;/h1-3,6,9-10,13H,4-5,12H2,(H,14,15);2*1H/t9-,10+;;/m1../s1. The van der Waals surface area contributed by atoms with Crippen molar-refractivity contribution in [2.45, 2.75) is 18.4 Å². The summed E-state index contributed by atoms with van der Waals surface area (Å²) in [6.07, 6.45) is 0.848. The first-order valence-corrected chi connectivity index (χ1v) is 5.00. The lowest BCUT2D eigenvalue weighted by Crippen LogP contribution is -2.34. The topological polar surface area (TPSA) is 75.3 Å². The Balaban J connectivity index is 0.00000128. The minimum atomic E-state index is -0.792. The fourth-order valence-electron chi connectivity index (χ4n) is 2.11. The highest BCUT2D eigenvalue weighted by Crippen LogP contribution is 2.28. The highest BCUT2D eigenvalue weighted by molar-refractivity contribution is 5.85. The lowest BCUT2D eigenvalue weighted by atomic mass is 9.92. The molecule has 0 saturated carbocycles. The molecule has 0 radical (unpaired) electrons. The van der Waals surface area contributed by atoms with Gasteiger partial charge in [0.25, 0.3) is 0 Å². The molecule has 0 spiro atoms. The van der Waals surface area contributed by atoms with Crippen LogP contribution in [0.15, 0.2) is 24.3 Å². The average molecular weight is 279 g/mol. The van der Waals surface area contributed by atoms with E-state index in [1.807, 2.05) is 24.3 Å². The number of aliphatic carboxylic acids is 1. The third-order valence-electron chi connectivity index (χ3n) is 2.83. The van der Waals surface area contributed by atoms with Crippen LogP contribution in [-0.4, -0.2) is 23.7 Å². The van der Waals surface area contributed by atoms with E-state index in [0.717, 1.165) is 18.5 Å². The Bertz CT molecular complexity index is 387. The minimum Gasteiger partial charge on any atom is -0.480 e. The van der Waals surface area contributed by atoms with Crippen LogP contribution in [0, 0.1) is 0 Å². The van der Waals surface area contributed by atoms with Crippen molar-refractivity contribution in [1.82, 2.24) is 5.32 Å². The Morgan fingerprint density at radius 2 is 2.12 bits per heavy atom. The first kappa shape index (κ1) is 16.0. The molecule has 17 heavy (non-hydrogen) atoms. The van der Waals surface area contributed by atoms with E-state index >= 15 is 0 Å². The maximum Gasteiger partial charge on any atom is 0.321 e. The number of nitrogens with two attached hydrogens (primary N) is 1. The summed E-state index contributed by atoms with van der Waals surface area (Å²) >= 11 is 0. The fraction of sp³-hybridized carbons (Fsp3) is 0.364. The summed E-state index contributed by atoms with van der Waals surface area (Å²) in [5.41, 5.74) is 7.37. The highest BCUT2D eigenvalue weighted by atomic mass is 35.5. The fourth-order valence-corrected chi connectivity index (χ4v) is 2.11. The number of rotatable bonds is 2. The van der Waals surface area contributed by atoms with Crippen LogP contribution in [0.2, 0.25) is 0 Å². The molecule has 0 bridgehead atoms. The number of nitrogens with one attached hydrogen (secondary N) is 1. The normalized spacial score (nSPS) is 22.4. The van der Waals surface area contributed by atoms with Crippen molar-refractivity contribution >= 4 is 36.5 Å². The van der Waals surface area contributed by atoms with Gasteiger partial charge in [-0.3, -0.25) is 4.79 Å². The zero-order valence-electron chi connectivity index (χ0n) is 9.13. The number of hydrogen-bond acceptors (Lipinski definition) is 3. The van der Waals surface area contributed by atoms with E-state index in [1.165, 1.54) is 0 Å². The van der Waals surface area contributed by atoms with Crippen molar-refractivity contribution in [3.8, 4) is 0 Å². The summed E-state index contributed by atoms with van der Waals surface area (Å²) in [6, 6.07) is 6.98.